The molecule has 0 aliphatic carbocycles. The molecule has 1 saturated heterocycles. The van der Waals surface area contributed by atoms with Crippen LogP contribution in [0.15, 0.2) is 33.2 Å². The number of thiazole rings is 1. The number of aryl methyl sites for hydroxylation is 1. The molecule has 134 valence electrons. The van der Waals surface area contributed by atoms with Gasteiger partial charge in [-0.1, -0.05) is 0 Å². The van der Waals surface area contributed by atoms with Crippen molar-refractivity contribution in [3.63, 3.8) is 0 Å². The predicted octanol–water partition coefficient (Wildman–Crippen LogP) is 3.63. The Hall–Kier alpha value is -2.32. The number of nitrogens with one attached hydrogen (secondary N) is 1. The van der Waals surface area contributed by atoms with Crippen LogP contribution in [0.3, 0.4) is 0 Å². The van der Waals surface area contributed by atoms with E-state index in [4.69, 9.17) is 0 Å². The van der Waals surface area contributed by atoms with E-state index < -0.39 is 0 Å². The number of hydrogen-bond donors (Lipinski definition) is 1. The molecule has 4 heterocycles. The number of aromatic amines is 1. The maximum atomic E-state index is 13.0. The SMILES string of the molecule is Cc1ncsc1C(=O)N1CCCC[C@@H]1c1nc(-c2ccsc2)cc(=O)[nH]1. The van der Waals surface area contributed by atoms with Gasteiger partial charge in [-0.3, -0.25) is 9.59 Å². The minimum absolute atomic E-state index is 0.0294. The summed E-state index contributed by atoms with van der Waals surface area (Å²) < 4.78 is 0. The third kappa shape index (κ3) is 3.22. The maximum Gasteiger partial charge on any atom is 0.266 e. The fourth-order valence-corrected chi connectivity index (χ4v) is 4.70. The van der Waals surface area contributed by atoms with Crippen molar-refractivity contribution in [2.45, 2.75) is 32.2 Å². The molecular formula is C18H18N4O2S2. The molecule has 1 atom stereocenters. The molecule has 0 radical (unpaired) electrons. The normalized spacial score (nSPS) is 17.4. The van der Waals surface area contributed by atoms with E-state index in [1.54, 1.807) is 16.8 Å². The van der Waals surface area contributed by atoms with Gasteiger partial charge in [-0.05, 0) is 37.6 Å². The average molecular weight is 387 g/mol. The number of rotatable bonds is 3. The van der Waals surface area contributed by atoms with Crippen molar-refractivity contribution in [2.24, 2.45) is 0 Å². The van der Waals surface area contributed by atoms with Crippen molar-refractivity contribution < 1.29 is 4.79 Å². The van der Waals surface area contributed by atoms with Gasteiger partial charge in [-0.15, -0.1) is 11.3 Å². The smallest absolute Gasteiger partial charge is 0.266 e. The number of carbonyl (C=O) groups excluding carboxylic acids is 1. The van der Waals surface area contributed by atoms with E-state index in [0.29, 0.717) is 22.9 Å². The van der Waals surface area contributed by atoms with Gasteiger partial charge < -0.3 is 9.88 Å². The first kappa shape index (κ1) is 17.1. The monoisotopic (exact) mass is 386 g/mol. The van der Waals surface area contributed by atoms with Gasteiger partial charge >= 0.3 is 0 Å². The minimum atomic E-state index is -0.218. The number of aromatic nitrogens is 3. The second kappa shape index (κ2) is 7.13. The maximum absolute atomic E-state index is 13.0. The van der Waals surface area contributed by atoms with Crippen LogP contribution in [0.2, 0.25) is 0 Å². The highest BCUT2D eigenvalue weighted by atomic mass is 32.1. The van der Waals surface area contributed by atoms with Crippen LogP contribution >= 0.6 is 22.7 Å². The van der Waals surface area contributed by atoms with Crippen LogP contribution in [-0.4, -0.2) is 32.3 Å². The summed E-state index contributed by atoms with van der Waals surface area (Å²) in [5.41, 5.74) is 3.82. The van der Waals surface area contributed by atoms with Gasteiger partial charge in [-0.2, -0.15) is 11.3 Å². The van der Waals surface area contributed by atoms with E-state index in [1.165, 1.54) is 17.4 Å². The third-order valence-electron chi connectivity index (χ3n) is 4.60. The van der Waals surface area contributed by atoms with Crippen LogP contribution in [-0.2, 0) is 0 Å². The Kier molecular flexibility index (Phi) is 4.69. The predicted molar refractivity (Wildman–Crippen MR) is 103 cm³/mol. The Balaban J connectivity index is 1.72. The number of hydrogen-bond acceptors (Lipinski definition) is 6. The van der Waals surface area contributed by atoms with E-state index in [0.717, 1.165) is 30.5 Å². The Morgan fingerprint density at radius 3 is 3.00 bits per heavy atom. The van der Waals surface area contributed by atoms with Crippen molar-refractivity contribution in [3.8, 4) is 11.3 Å². The molecule has 1 aliphatic rings. The molecule has 3 aromatic heterocycles. The number of H-pyrrole nitrogens is 1. The molecule has 8 heteroatoms. The quantitative estimate of drug-likeness (QED) is 0.745. The molecule has 0 spiro atoms. The lowest BCUT2D eigenvalue weighted by Crippen LogP contribution is -2.39. The Bertz CT molecular complexity index is 977. The summed E-state index contributed by atoms with van der Waals surface area (Å²) >= 11 is 2.92. The Labute approximate surface area is 158 Å². The zero-order valence-electron chi connectivity index (χ0n) is 14.3. The van der Waals surface area contributed by atoms with Gasteiger partial charge in [0.15, 0.2) is 0 Å². The standard InChI is InChI=1S/C18H18N4O2S2/c1-11-16(26-10-19-11)18(24)22-6-3-2-4-14(22)17-20-13(8-15(23)21-17)12-5-7-25-9-12/h5,7-10,14H,2-4,6H2,1H3,(H,20,21,23)/t14-/m1/s1. The number of carbonyl (C=O) groups is 1. The first-order valence-electron chi connectivity index (χ1n) is 8.48. The summed E-state index contributed by atoms with van der Waals surface area (Å²) in [4.78, 5) is 39.5. The van der Waals surface area contributed by atoms with Gasteiger partial charge in [0.25, 0.3) is 11.5 Å². The van der Waals surface area contributed by atoms with Crippen molar-refractivity contribution in [1.82, 2.24) is 19.9 Å². The van der Waals surface area contributed by atoms with Gasteiger partial charge in [-0.25, -0.2) is 9.97 Å². The van der Waals surface area contributed by atoms with Gasteiger partial charge in [0.2, 0.25) is 0 Å². The number of amides is 1. The first-order valence-corrected chi connectivity index (χ1v) is 10.3. The van der Waals surface area contributed by atoms with E-state index >= 15 is 0 Å². The van der Waals surface area contributed by atoms with Crippen LogP contribution < -0.4 is 5.56 Å². The molecule has 1 fully saturated rings. The molecule has 1 aliphatic heterocycles. The summed E-state index contributed by atoms with van der Waals surface area (Å²) in [6.07, 6.45) is 2.75. The highest BCUT2D eigenvalue weighted by molar-refractivity contribution is 7.11. The first-order chi connectivity index (χ1) is 12.6. The zero-order chi connectivity index (χ0) is 18.1. The summed E-state index contributed by atoms with van der Waals surface area (Å²) in [6, 6.07) is 3.23. The average Bonchev–Trinajstić information content (AvgIpc) is 3.32. The molecule has 0 unspecified atom stereocenters. The van der Waals surface area contributed by atoms with Gasteiger partial charge in [0, 0.05) is 23.6 Å². The van der Waals surface area contributed by atoms with Gasteiger partial charge in [0.05, 0.1) is 22.9 Å². The zero-order valence-corrected chi connectivity index (χ0v) is 15.9. The van der Waals surface area contributed by atoms with Crippen LogP contribution in [0.1, 0.15) is 46.5 Å². The molecule has 6 nitrogen and oxygen atoms in total. The molecular weight excluding hydrogens is 368 g/mol. The Morgan fingerprint density at radius 2 is 2.27 bits per heavy atom. The van der Waals surface area contributed by atoms with Gasteiger partial charge in [0.1, 0.15) is 10.7 Å². The van der Waals surface area contributed by atoms with Crippen LogP contribution in [0.4, 0.5) is 0 Å². The van der Waals surface area contributed by atoms with Crippen molar-refractivity contribution in [3.05, 3.63) is 55.2 Å². The number of thiophene rings is 1. The summed E-state index contributed by atoms with van der Waals surface area (Å²) in [5, 5.41) is 3.93. The molecule has 26 heavy (non-hydrogen) atoms. The van der Waals surface area contributed by atoms with Crippen LogP contribution in [0.5, 0.6) is 0 Å². The van der Waals surface area contributed by atoms with E-state index in [-0.39, 0.29) is 17.5 Å². The van der Waals surface area contributed by atoms with Crippen LogP contribution in [0.25, 0.3) is 11.3 Å². The molecule has 3 aromatic rings. The second-order valence-electron chi connectivity index (χ2n) is 6.30. The second-order valence-corrected chi connectivity index (χ2v) is 7.94. The fraction of sp³-hybridized carbons (Fsp3) is 0.333. The molecule has 1 N–H and O–H groups in total. The molecule has 0 aromatic carbocycles. The molecule has 1 amide bonds. The minimum Gasteiger partial charge on any atom is -0.328 e. The highest BCUT2D eigenvalue weighted by Crippen LogP contribution is 2.32. The lowest BCUT2D eigenvalue weighted by Gasteiger charge is -2.34. The van der Waals surface area contributed by atoms with E-state index in [9.17, 15) is 9.59 Å². The highest BCUT2D eigenvalue weighted by Gasteiger charge is 2.32. The summed E-state index contributed by atoms with van der Waals surface area (Å²) in [7, 11) is 0. The van der Waals surface area contributed by atoms with Crippen molar-refractivity contribution >= 4 is 28.6 Å². The third-order valence-corrected chi connectivity index (χ3v) is 6.20. The van der Waals surface area contributed by atoms with Crippen molar-refractivity contribution in [1.29, 1.82) is 0 Å². The molecule has 4 rings (SSSR count). The number of likely N-dealkylation sites (tertiary alicyclic amines) is 1. The summed E-state index contributed by atoms with van der Waals surface area (Å²) in [5.74, 6) is 0.534. The Morgan fingerprint density at radius 1 is 1.38 bits per heavy atom. The lowest BCUT2D eigenvalue weighted by molar-refractivity contribution is 0.0603. The van der Waals surface area contributed by atoms with Crippen molar-refractivity contribution in [2.75, 3.05) is 6.54 Å². The lowest BCUT2D eigenvalue weighted by atomic mass is 10.0. The fourth-order valence-electron chi connectivity index (χ4n) is 3.29. The number of nitrogens with zero attached hydrogens (tertiary/aromatic N) is 3. The molecule has 0 saturated carbocycles. The van der Waals surface area contributed by atoms with Crippen LogP contribution in [0, 0.1) is 6.92 Å². The summed E-state index contributed by atoms with van der Waals surface area (Å²) in [6.45, 7) is 2.51. The molecule has 0 bridgehead atoms. The topological polar surface area (TPSA) is 79.0 Å². The largest absolute Gasteiger partial charge is 0.328 e. The van der Waals surface area contributed by atoms with E-state index in [1.807, 2.05) is 28.7 Å². The van der Waals surface area contributed by atoms with E-state index in [2.05, 4.69) is 15.0 Å². The number of piperidine rings is 1.